The molecule has 2 heterocycles. The smallest absolute Gasteiger partial charge is 0.263 e. The van der Waals surface area contributed by atoms with Crippen LogP contribution in [0.3, 0.4) is 0 Å². The Morgan fingerprint density at radius 1 is 0.864 bits per heavy atom. The zero-order valence-corrected chi connectivity index (χ0v) is 14.2. The Hall–Kier alpha value is -1.48. The van der Waals surface area contributed by atoms with Crippen molar-refractivity contribution in [3.05, 3.63) is 45.2 Å². The minimum atomic E-state index is -0.185. The summed E-state index contributed by atoms with van der Waals surface area (Å²) in [5.74, 6) is -0.371. The number of nitrogens with one attached hydrogen (secondary N) is 2. The van der Waals surface area contributed by atoms with E-state index in [1.807, 2.05) is 24.3 Å². The van der Waals surface area contributed by atoms with Crippen molar-refractivity contribution >= 4 is 80.6 Å². The molecule has 2 amide bonds. The Kier molecular flexibility index (Phi) is 4.44. The van der Waals surface area contributed by atoms with E-state index in [-0.39, 0.29) is 11.8 Å². The fraction of sp³-hybridized carbons (Fsp3) is 0. The molecule has 0 radical (unpaired) electrons. The molecule has 0 spiro atoms. The van der Waals surface area contributed by atoms with Gasteiger partial charge in [-0.25, -0.2) is 0 Å². The van der Waals surface area contributed by atoms with Crippen LogP contribution in [0.2, 0.25) is 0 Å². The molecule has 110 valence electrons. The number of hydrogen-bond donors (Lipinski definition) is 2. The largest absolute Gasteiger partial charge is 0.307 e. The first kappa shape index (κ1) is 15.4. The van der Waals surface area contributed by atoms with Gasteiger partial charge in [0.25, 0.3) is 11.8 Å². The van der Waals surface area contributed by atoms with Crippen LogP contribution in [0.25, 0.3) is 12.2 Å². The SMILES string of the molecule is O=C1NC(=S)SC1=Cc1cccc(C=C2SC(=S)NC2=O)c1. The van der Waals surface area contributed by atoms with Crippen molar-refractivity contribution < 1.29 is 9.59 Å². The molecule has 2 fully saturated rings. The summed E-state index contributed by atoms with van der Waals surface area (Å²) in [5.41, 5.74) is 1.73. The molecule has 22 heavy (non-hydrogen) atoms. The van der Waals surface area contributed by atoms with E-state index in [0.717, 1.165) is 11.1 Å². The molecule has 4 nitrogen and oxygen atoms in total. The second kappa shape index (κ2) is 6.33. The average Bonchev–Trinajstić information content (AvgIpc) is 2.92. The van der Waals surface area contributed by atoms with E-state index in [1.54, 1.807) is 12.2 Å². The maximum Gasteiger partial charge on any atom is 0.263 e. The van der Waals surface area contributed by atoms with E-state index in [9.17, 15) is 9.59 Å². The highest BCUT2D eigenvalue weighted by Crippen LogP contribution is 2.28. The van der Waals surface area contributed by atoms with Crippen molar-refractivity contribution in [3.63, 3.8) is 0 Å². The molecule has 2 aliphatic rings. The summed E-state index contributed by atoms with van der Waals surface area (Å²) >= 11 is 12.4. The van der Waals surface area contributed by atoms with Gasteiger partial charge >= 0.3 is 0 Å². The Balaban J connectivity index is 1.88. The lowest BCUT2D eigenvalue weighted by Crippen LogP contribution is -2.17. The van der Waals surface area contributed by atoms with Crippen molar-refractivity contribution in [1.29, 1.82) is 0 Å². The summed E-state index contributed by atoms with van der Waals surface area (Å²) in [6.45, 7) is 0. The number of carbonyl (C=O) groups is 2. The predicted octanol–water partition coefficient (Wildman–Crippen LogP) is 2.66. The topological polar surface area (TPSA) is 58.2 Å². The first-order chi connectivity index (χ1) is 10.5. The van der Waals surface area contributed by atoms with Gasteiger partial charge in [0.2, 0.25) is 0 Å². The van der Waals surface area contributed by atoms with Gasteiger partial charge in [-0.15, -0.1) is 0 Å². The van der Waals surface area contributed by atoms with E-state index in [2.05, 4.69) is 10.6 Å². The normalized spacial score (nSPS) is 21.6. The van der Waals surface area contributed by atoms with Crippen LogP contribution >= 0.6 is 48.0 Å². The average molecular weight is 364 g/mol. The van der Waals surface area contributed by atoms with Crippen molar-refractivity contribution in [3.8, 4) is 0 Å². The van der Waals surface area contributed by atoms with Crippen LogP contribution in [0.4, 0.5) is 0 Å². The van der Waals surface area contributed by atoms with Gasteiger partial charge in [-0.2, -0.15) is 0 Å². The zero-order valence-electron chi connectivity index (χ0n) is 10.9. The highest BCUT2D eigenvalue weighted by atomic mass is 32.2. The maximum absolute atomic E-state index is 11.7. The van der Waals surface area contributed by atoms with Crippen molar-refractivity contribution in [1.82, 2.24) is 10.6 Å². The Morgan fingerprint density at radius 2 is 1.32 bits per heavy atom. The maximum atomic E-state index is 11.7. The summed E-state index contributed by atoms with van der Waals surface area (Å²) < 4.78 is 0.920. The van der Waals surface area contributed by atoms with Crippen molar-refractivity contribution in [2.24, 2.45) is 0 Å². The van der Waals surface area contributed by atoms with Crippen LogP contribution in [0.15, 0.2) is 34.1 Å². The lowest BCUT2D eigenvalue weighted by Gasteiger charge is -1.99. The van der Waals surface area contributed by atoms with Gasteiger partial charge in [0.15, 0.2) is 0 Å². The molecular formula is C14H8N2O2S4. The highest BCUT2D eigenvalue weighted by molar-refractivity contribution is 8.27. The predicted molar refractivity (Wildman–Crippen MR) is 99.1 cm³/mol. The fourth-order valence-electron chi connectivity index (χ4n) is 1.88. The van der Waals surface area contributed by atoms with E-state index < -0.39 is 0 Å². The third kappa shape index (κ3) is 3.46. The molecule has 0 bridgehead atoms. The quantitative estimate of drug-likeness (QED) is 0.622. The van der Waals surface area contributed by atoms with Crippen LogP contribution in [0, 0.1) is 0 Å². The molecule has 0 saturated carbocycles. The third-order valence-electron chi connectivity index (χ3n) is 2.79. The molecule has 0 atom stereocenters. The first-order valence-electron chi connectivity index (χ1n) is 6.11. The molecule has 0 unspecified atom stereocenters. The van der Waals surface area contributed by atoms with E-state index in [0.29, 0.717) is 18.5 Å². The molecule has 0 aliphatic carbocycles. The Labute approximate surface area is 145 Å². The van der Waals surface area contributed by atoms with Gasteiger partial charge in [-0.3, -0.25) is 9.59 Å². The Morgan fingerprint density at radius 3 is 1.68 bits per heavy atom. The lowest BCUT2D eigenvalue weighted by molar-refractivity contribution is -0.116. The molecule has 2 saturated heterocycles. The highest BCUT2D eigenvalue weighted by Gasteiger charge is 2.23. The summed E-state index contributed by atoms with van der Waals surface area (Å²) in [4.78, 5) is 24.4. The number of thiocarbonyl (C=S) groups is 2. The van der Waals surface area contributed by atoms with E-state index >= 15 is 0 Å². The molecular weight excluding hydrogens is 356 g/mol. The molecule has 8 heteroatoms. The van der Waals surface area contributed by atoms with Crippen LogP contribution in [-0.4, -0.2) is 20.5 Å². The van der Waals surface area contributed by atoms with Crippen LogP contribution < -0.4 is 10.6 Å². The summed E-state index contributed by atoms with van der Waals surface area (Å²) in [7, 11) is 0. The van der Waals surface area contributed by atoms with Crippen molar-refractivity contribution in [2.75, 3.05) is 0 Å². The number of amides is 2. The number of carbonyl (C=O) groups excluding carboxylic acids is 2. The Bertz CT molecular complexity index is 722. The van der Waals surface area contributed by atoms with Gasteiger partial charge in [0.05, 0.1) is 9.81 Å². The van der Waals surface area contributed by atoms with E-state index in [4.69, 9.17) is 24.4 Å². The van der Waals surface area contributed by atoms with E-state index in [1.165, 1.54) is 23.5 Å². The van der Waals surface area contributed by atoms with Gasteiger partial charge in [0, 0.05) is 0 Å². The number of benzene rings is 1. The molecule has 0 aromatic heterocycles. The minimum absolute atomic E-state index is 0.185. The second-order valence-electron chi connectivity index (χ2n) is 4.37. The monoisotopic (exact) mass is 364 g/mol. The van der Waals surface area contributed by atoms with Crippen LogP contribution in [-0.2, 0) is 9.59 Å². The summed E-state index contributed by atoms with van der Waals surface area (Å²) in [5, 5.41) is 5.15. The molecule has 1 aromatic rings. The van der Waals surface area contributed by atoms with Gasteiger partial charge in [-0.05, 0) is 29.3 Å². The minimum Gasteiger partial charge on any atom is -0.307 e. The van der Waals surface area contributed by atoms with Crippen LogP contribution in [0.5, 0.6) is 0 Å². The van der Waals surface area contributed by atoms with Gasteiger partial charge in [-0.1, -0.05) is 66.2 Å². The molecule has 2 N–H and O–H groups in total. The number of hydrogen-bond acceptors (Lipinski definition) is 6. The zero-order chi connectivity index (χ0) is 15.7. The number of thioether (sulfide) groups is 2. The fourth-order valence-corrected chi connectivity index (χ4v) is 3.97. The summed E-state index contributed by atoms with van der Waals surface area (Å²) in [6.07, 6.45) is 3.54. The van der Waals surface area contributed by atoms with Crippen LogP contribution in [0.1, 0.15) is 11.1 Å². The third-order valence-corrected chi connectivity index (χ3v) is 5.12. The summed E-state index contributed by atoms with van der Waals surface area (Å²) in [6, 6.07) is 7.53. The van der Waals surface area contributed by atoms with Gasteiger partial charge in [0.1, 0.15) is 8.64 Å². The second-order valence-corrected chi connectivity index (χ2v) is 7.81. The molecule has 2 aliphatic heterocycles. The first-order valence-corrected chi connectivity index (χ1v) is 8.56. The standard InChI is InChI=1S/C14H8N2O2S4/c17-11-9(21-13(19)15-11)5-7-2-1-3-8(4-7)6-10-12(18)16-14(20)22-10/h1-6H,(H,15,17,19)(H,16,18,20). The lowest BCUT2D eigenvalue weighted by atomic mass is 10.1. The molecule has 3 rings (SSSR count). The number of rotatable bonds is 2. The van der Waals surface area contributed by atoms with Gasteiger partial charge < -0.3 is 10.6 Å². The van der Waals surface area contributed by atoms with Crippen molar-refractivity contribution in [2.45, 2.75) is 0 Å². The molecule has 1 aromatic carbocycles.